The predicted molar refractivity (Wildman–Crippen MR) is 73.5 cm³/mol. The van der Waals surface area contributed by atoms with Crippen molar-refractivity contribution in [2.45, 2.75) is 49.2 Å². The monoisotopic (exact) mass is 312 g/mol. The van der Waals surface area contributed by atoms with Crippen molar-refractivity contribution in [3.63, 3.8) is 0 Å². The standard InChI is InChI=1S/C13H16N2O5S/c1-13(2)19-9-6-5-21-8-4-7(16)14-12(17-3)15(8)11(18-6)10(9)20-13/h4,6,9-11H,5H2,1-3H3/t6-,9-,10-,11-/m1/s1. The molecule has 7 nitrogen and oxygen atoms in total. The maximum atomic E-state index is 11.7. The fourth-order valence-electron chi connectivity index (χ4n) is 3.11. The summed E-state index contributed by atoms with van der Waals surface area (Å²) < 4.78 is 25.1. The van der Waals surface area contributed by atoms with Crippen LogP contribution >= 0.6 is 11.8 Å². The van der Waals surface area contributed by atoms with E-state index in [0.29, 0.717) is 5.75 Å². The van der Waals surface area contributed by atoms with Crippen molar-refractivity contribution in [2.24, 2.45) is 0 Å². The Kier molecular flexibility index (Phi) is 2.88. The van der Waals surface area contributed by atoms with Gasteiger partial charge in [-0.15, -0.1) is 11.8 Å². The van der Waals surface area contributed by atoms with E-state index < -0.39 is 12.0 Å². The maximum Gasteiger partial charge on any atom is 0.302 e. The van der Waals surface area contributed by atoms with E-state index in [9.17, 15) is 4.79 Å². The normalized spacial score (nSPS) is 36.0. The molecule has 1 aromatic heterocycles. The number of methoxy groups -OCH3 is 1. The summed E-state index contributed by atoms with van der Waals surface area (Å²) in [7, 11) is 1.49. The number of hydrogen-bond donors (Lipinski definition) is 0. The van der Waals surface area contributed by atoms with E-state index in [-0.39, 0.29) is 29.9 Å². The van der Waals surface area contributed by atoms with Crippen molar-refractivity contribution < 1.29 is 18.9 Å². The van der Waals surface area contributed by atoms with Gasteiger partial charge in [-0.1, -0.05) is 0 Å². The van der Waals surface area contributed by atoms with Crippen LogP contribution in [0.15, 0.2) is 15.9 Å². The lowest BCUT2D eigenvalue weighted by atomic mass is 10.1. The van der Waals surface area contributed by atoms with Crippen LogP contribution in [0.5, 0.6) is 6.01 Å². The summed E-state index contributed by atoms with van der Waals surface area (Å²) in [5.74, 6) is 0.0637. The summed E-state index contributed by atoms with van der Waals surface area (Å²) in [5.41, 5.74) is -0.316. The van der Waals surface area contributed by atoms with Crippen LogP contribution in [-0.2, 0) is 14.2 Å². The molecule has 4 atom stereocenters. The number of ether oxygens (including phenoxy) is 4. The lowest BCUT2D eigenvalue weighted by Gasteiger charge is -2.25. The third-order valence-electron chi connectivity index (χ3n) is 3.85. The topological polar surface area (TPSA) is 71.8 Å². The van der Waals surface area contributed by atoms with Gasteiger partial charge in [0.25, 0.3) is 5.56 Å². The molecule has 0 saturated carbocycles. The molecule has 0 N–H and O–H groups in total. The van der Waals surface area contributed by atoms with Gasteiger partial charge in [0.2, 0.25) is 0 Å². The van der Waals surface area contributed by atoms with Crippen molar-refractivity contribution in [1.82, 2.24) is 9.55 Å². The summed E-state index contributed by atoms with van der Waals surface area (Å²) in [6.45, 7) is 3.79. The van der Waals surface area contributed by atoms with E-state index >= 15 is 0 Å². The molecule has 2 fully saturated rings. The minimum absolute atomic E-state index is 0.0773. The first kappa shape index (κ1) is 13.6. The second-order valence-electron chi connectivity index (χ2n) is 5.73. The molecule has 4 rings (SSSR count). The second-order valence-corrected chi connectivity index (χ2v) is 6.77. The summed E-state index contributed by atoms with van der Waals surface area (Å²) >= 11 is 1.55. The van der Waals surface area contributed by atoms with Crippen molar-refractivity contribution in [2.75, 3.05) is 12.9 Å². The Labute approximate surface area is 125 Å². The first-order valence-corrected chi connectivity index (χ1v) is 7.78. The number of fused-ring (bicyclic) bond motifs is 7. The highest BCUT2D eigenvalue weighted by Crippen LogP contribution is 2.48. The molecule has 0 amide bonds. The van der Waals surface area contributed by atoms with E-state index in [1.165, 1.54) is 13.2 Å². The van der Waals surface area contributed by atoms with Crippen molar-refractivity contribution >= 4 is 11.8 Å². The number of rotatable bonds is 1. The summed E-state index contributed by atoms with van der Waals surface area (Å²) in [6, 6.07) is 1.75. The third kappa shape index (κ3) is 2.01. The van der Waals surface area contributed by atoms with Crippen LogP contribution in [0.3, 0.4) is 0 Å². The van der Waals surface area contributed by atoms with Gasteiger partial charge in [-0.25, -0.2) is 0 Å². The molecule has 3 aliphatic heterocycles. The highest BCUT2D eigenvalue weighted by Gasteiger charge is 2.57. The molecule has 2 saturated heterocycles. The van der Waals surface area contributed by atoms with Gasteiger partial charge in [0.15, 0.2) is 12.0 Å². The van der Waals surface area contributed by atoms with Crippen LogP contribution in [0, 0.1) is 0 Å². The highest BCUT2D eigenvalue weighted by atomic mass is 32.2. The van der Waals surface area contributed by atoms with Gasteiger partial charge < -0.3 is 18.9 Å². The third-order valence-corrected chi connectivity index (χ3v) is 4.96. The molecule has 0 aliphatic carbocycles. The number of hydrogen-bond acceptors (Lipinski definition) is 7. The fourth-order valence-corrected chi connectivity index (χ4v) is 4.22. The Balaban J connectivity index is 1.83. The first-order chi connectivity index (χ1) is 9.98. The maximum absolute atomic E-state index is 11.7. The number of thioether (sulfide) groups is 1. The van der Waals surface area contributed by atoms with Crippen molar-refractivity contribution in [1.29, 1.82) is 0 Å². The SMILES string of the molecule is COc1nc(=O)cc2n1[C@@H]1O[C@H](CS2)[C@H]2OC(C)(C)O[C@H]21. The minimum atomic E-state index is -0.634. The molecule has 0 spiro atoms. The van der Waals surface area contributed by atoms with Crippen molar-refractivity contribution in [3.8, 4) is 6.01 Å². The molecule has 3 aliphatic rings. The van der Waals surface area contributed by atoms with E-state index in [1.54, 1.807) is 16.3 Å². The van der Waals surface area contributed by atoms with Crippen LogP contribution in [-0.4, -0.2) is 46.5 Å². The lowest BCUT2D eigenvalue weighted by Crippen LogP contribution is -2.33. The van der Waals surface area contributed by atoms with Gasteiger partial charge in [-0.2, -0.15) is 4.98 Å². The van der Waals surface area contributed by atoms with Crippen molar-refractivity contribution in [3.05, 3.63) is 16.4 Å². The Bertz CT molecular complexity index is 646. The number of nitrogens with zero attached hydrogens (tertiary/aromatic N) is 2. The molecule has 1 aromatic rings. The van der Waals surface area contributed by atoms with Gasteiger partial charge in [0.1, 0.15) is 12.2 Å². The minimum Gasteiger partial charge on any atom is -0.468 e. The molecule has 8 heteroatoms. The Morgan fingerprint density at radius 1 is 1.43 bits per heavy atom. The molecular formula is C13H16N2O5S. The lowest BCUT2D eigenvalue weighted by molar-refractivity contribution is -0.195. The van der Waals surface area contributed by atoms with Gasteiger partial charge >= 0.3 is 6.01 Å². The quantitative estimate of drug-likeness (QED) is 0.709. The molecule has 0 unspecified atom stereocenters. The zero-order chi connectivity index (χ0) is 14.8. The summed E-state index contributed by atoms with van der Waals surface area (Å²) in [4.78, 5) is 15.6. The Morgan fingerprint density at radius 2 is 2.19 bits per heavy atom. The molecule has 2 bridgehead atoms. The first-order valence-electron chi connectivity index (χ1n) is 6.80. The fraction of sp³-hybridized carbons (Fsp3) is 0.692. The van der Waals surface area contributed by atoms with Crippen LogP contribution in [0.25, 0.3) is 0 Å². The van der Waals surface area contributed by atoms with E-state index in [1.807, 2.05) is 13.8 Å². The average molecular weight is 312 g/mol. The summed E-state index contributed by atoms with van der Waals surface area (Å²) in [6.07, 6.45) is -0.820. The zero-order valence-corrected chi connectivity index (χ0v) is 12.8. The second kappa shape index (κ2) is 4.45. The van der Waals surface area contributed by atoms with E-state index in [2.05, 4.69) is 4.98 Å². The Morgan fingerprint density at radius 3 is 2.95 bits per heavy atom. The summed E-state index contributed by atoms with van der Waals surface area (Å²) in [5, 5.41) is 0.783. The predicted octanol–water partition coefficient (Wildman–Crippen LogP) is 0.775. The molecule has 114 valence electrons. The highest BCUT2D eigenvalue weighted by molar-refractivity contribution is 7.99. The van der Waals surface area contributed by atoms with Gasteiger partial charge in [-0.3, -0.25) is 9.36 Å². The van der Waals surface area contributed by atoms with Gasteiger partial charge in [0, 0.05) is 11.8 Å². The van der Waals surface area contributed by atoms with E-state index in [4.69, 9.17) is 18.9 Å². The van der Waals surface area contributed by atoms with Gasteiger partial charge in [-0.05, 0) is 13.8 Å². The van der Waals surface area contributed by atoms with Crippen LogP contribution < -0.4 is 10.3 Å². The van der Waals surface area contributed by atoms with Crippen LogP contribution in [0.2, 0.25) is 0 Å². The molecule has 21 heavy (non-hydrogen) atoms. The number of aromatic nitrogens is 2. The molecule has 0 aromatic carbocycles. The van der Waals surface area contributed by atoms with Gasteiger partial charge in [0.05, 0.1) is 18.2 Å². The van der Waals surface area contributed by atoms with Crippen LogP contribution in [0.4, 0.5) is 0 Å². The molecule has 0 radical (unpaired) electrons. The Hall–Kier alpha value is -1.09. The largest absolute Gasteiger partial charge is 0.468 e. The van der Waals surface area contributed by atoms with Crippen LogP contribution in [0.1, 0.15) is 20.1 Å². The van der Waals surface area contributed by atoms with E-state index in [0.717, 1.165) is 5.03 Å². The molecule has 4 heterocycles. The smallest absolute Gasteiger partial charge is 0.302 e. The zero-order valence-electron chi connectivity index (χ0n) is 11.9. The average Bonchev–Trinajstić information content (AvgIpc) is 2.81. The molecular weight excluding hydrogens is 296 g/mol.